The molecule has 0 saturated carbocycles. The van der Waals surface area contributed by atoms with Crippen molar-refractivity contribution in [2.45, 2.75) is 31.7 Å². The van der Waals surface area contributed by atoms with Crippen LogP contribution in [0.5, 0.6) is 0 Å². The van der Waals surface area contributed by atoms with Crippen LogP contribution >= 0.6 is 0 Å². The molecule has 0 spiro atoms. The molecule has 0 radical (unpaired) electrons. The molecule has 0 unspecified atom stereocenters. The third-order valence-corrected chi connectivity index (χ3v) is 5.84. The minimum Gasteiger partial charge on any atom is -0.480 e. The van der Waals surface area contributed by atoms with Gasteiger partial charge in [0.2, 0.25) is 5.91 Å². The van der Waals surface area contributed by atoms with Crippen LogP contribution in [-0.4, -0.2) is 35.6 Å². The second-order valence-corrected chi connectivity index (χ2v) is 8.10. The molecule has 3 rings (SSSR count). The molecule has 0 saturated heterocycles. The van der Waals surface area contributed by atoms with Gasteiger partial charge in [-0.15, -0.1) is 0 Å². The Labute approximate surface area is 199 Å². The summed E-state index contributed by atoms with van der Waals surface area (Å²) in [5, 5.41) is 12.6. The number of carboxylic acid groups (broad SMARTS) is 1. The van der Waals surface area contributed by atoms with Gasteiger partial charge in [-0.25, -0.2) is 4.79 Å². The van der Waals surface area contributed by atoms with E-state index in [0.29, 0.717) is 16.7 Å². The van der Waals surface area contributed by atoms with E-state index >= 15 is 0 Å². The van der Waals surface area contributed by atoms with E-state index in [0.717, 1.165) is 0 Å². The normalized spacial score (nSPS) is 12.9. The summed E-state index contributed by atoms with van der Waals surface area (Å²) in [7, 11) is 0. The molecule has 0 aliphatic carbocycles. The maximum atomic E-state index is 14.2. The number of amides is 1. The molecular formula is C28H29NO5. The smallest absolute Gasteiger partial charge is 0.326 e. The predicted molar refractivity (Wildman–Crippen MR) is 129 cm³/mol. The van der Waals surface area contributed by atoms with Crippen molar-refractivity contribution < 1.29 is 24.2 Å². The van der Waals surface area contributed by atoms with Crippen LogP contribution in [0.3, 0.4) is 0 Å². The molecule has 0 aromatic heterocycles. The van der Waals surface area contributed by atoms with Gasteiger partial charge in [0, 0.05) is 0 Å². The summed E-state index contributed by atoms with van der Waals surface area (Å²) in [6.07, 6.45) is -0.0889. The number of hydrogen-bond donors (Lipinski definition) is 2. The second kappa shape index (κ2) is 11.3. The first kappa shape index (κ1) is 24.7. The number of hydrogen-bond acceptors (Lipinski definition) is 4. The molecule has 34 heavy (non-hydrogen) atoms. The first-order valence-corrected chi connectivity index (χ1v) is 11.3. The topological polar surface area (TPSA) is 92.7 Å². The highest BCUT2D eigenvalue weighted by Crippen LogP contribution is 2.39. The fourth-order valence-electron chi connectivity index (χ4n) is 4.18. The summed E-state index contributed by atoms with van der Waals surface area (Å²) in [6.45, 7) is 3.49. The molecular weight excluding hydrogens is 430 g/mol. The zero-order chi connectivity index (χ0) is 24.6. The molecule has 1 amide bonds. The molecule has 3 aromatic carbocycles. The number of esters is 1. The molecule has 0 heterocycles. The van der Waals surface area contributed by atoms with Crippen LogP contribution in [0.2, 0.25) is 0 Å². The number of nitrogens with one attached hydrogen (secondary N) is 1. The molecule has 0 bridgehead atoms. The number of ether oxygens (including phenoxy) is 1. The van der Waals surface area contributed by atoms with Gasteiger partial charge in [0.25, 0.3) is 0 Å². The minimum absolute atomic E-state index is 0.0889. The summed E-state index contributed by atoms with van der Waals surface area (Å²) < 4.78 is 5.02. The summed E-state index contributed by atoms with van der Waals surface area (Å²) in [5.74, 6) is -2.89. The third kappa shape index (κ3) is 5.17. The van der Waals surface area contributed by atoms with Crippen LogP contribution in [0, 0.1) is 5.92 Å². The Morgan fingerprint density at radius 2 is 1.24 bits per heavy atom. The number of carboxylic acids is 1. The fraction of sp³-hybridized carbons (Fsp3) is 0.250. The zero-order valence-corrected chi connectivity index (χ0v) is 19.3. The minimum atomic E-state index is -1.30. The van der Waals surface area contributed by atoms with Crippen molar-refractivity contribution in [1.29, 1.82) is 0 Å². The number of aliphatic carboxylic acids is 1. The van der Waals surface area contributed by atoms with E-state index in [1.807, 2.05) is 91.0 Å². The van der Waals surface area contributed by atoms with Crippen LogP contribution in [0.15, 0.2) is 91.0 Å². The summed E-state index contributed by atoms with van der Waals surface area (Å²) in [4.78, 5) is 38.4. The van der Waals surface area contributed by atoms with Crippen molar-refractivity contribution in [3.8, 4) is 0 Å². The molecule has 176 valence electrons. The van der Waals surface area contributed by atoms with Crippen molar-refractivity contribution in [3.05, 3.63) is 108 Å². The van der Waals surface area contributed by atoms with Crippen LogP contribution in [0.1, 0.15) is 37.0 Å². The van der Waals surface area contributed by atoms with E-state index in [4.69, 9.17) is 4.74 Å². The highest BCUT2D eigenvalue weighted by atomic mass is 16.5. The van der Waals surface area contributed by atoms with Gasteiger partial charge in [-0.05, 0) is 30.0 Å². The fourth-order valence-corrected chi connectivity index (χ4v) is 4.18. The zero-order valence-electron chi connectivity index (χ0n) is 19.3. The molecule has 0 aliphatic heterocycles. The number of carbonyl (C=O) groups is 3. The van der Waals surface area contributed by atoms with E-state index in [2.05, 4.69) is 5.32 Å². The van der Waals surface area contributed by atoms with E-state index in [9.17, 15) is 19.5 Å². The molecule has 2 atom stereocenters. The van der Waals surface area contributed by atoms with Gasteiger partial charge in [-0.1, -0.05) is 97.9 Å². The van der Waals surface area contributed by atoms with Crippen molar-refractivity contribution in [1.82, 2.24) is 5.32 Å². The largest absolute Gasteiger partial charge is 0.480 e. The summed E-state index contributed by atoms with van der Waals surface area (Å²) >= 11 is 0. The first-order chi connectivity index (χ1) is 16.4. The Morgan fingerprint density at radius 3 is 1.59 bits per heavy atom. The Balaban J connectivity index is 2.12. The standard InChI is InChI=1S/C28H29NO5/c1-3-34-26(32)20(2)19-24(25(30)31)29-27(33)28(21-13-7-4-8-14-21,22-15-9-5-10-16-22)23-17-11-6-12-18-23/h4-18,20,24H,3,19H2,1-2H3,(H,29,33)(H,30,31)/t20-,24+/m0/s1. The van der Waals surface area contributed by atoms with Crippen molar-refractivity contribution >= 4 is 17.8 Å². The van der Waals surface area contributed by atoms with Gasteiger partial charge in [-0.3, -0.25) is 9.59 Å². The van der Waals surface area contributed by atoms with Gasteiger partial charge in [-0.2, -0.15) is 0 Å². The molecule has 0 fully saturated rings. The summed E-state index contributed by atoms with van der Waals surface area (Å²) in [5.41, 5.74) is 0.803. The molecule has 6 heteroatoms. The second-order valence-electron chi connectivity index (χ2n) is 8.10. The predicted octanol–water partition coefficient (Wildman–Crippen LogP) is 4.18. The van der Waals surface area contributed by atoms with E-state index in [1.165, 1.54) is 0 Å². The lowest BCUT2D eigenvalue weighted by Crippen LogP contribution is -2.52. The molecule has 0 aliphatic rings. The van der Waals surface area contributed by atoms with E-state index in [-0.39, 0.29) is 13.0 Å². The first-order valence-electron chi connectivity index (χ1n) is 11.3. The Bertz CT molecular complexity index is 1000. The van der Waals surface area contributed by atoms with Gasteiger partial charge < -0.3 is 15.2 Å². The Hall–Kier alpha value is -3.93. The Kier molecular flexibility index (Phi) is 8.19. The quantitative estimate of drug-likeness (QED) is 0.351. The monoisotopic (exact) mass is 459 g/mol. The maximum Gasteiger partial charge on any atom is 0.326 e. The lowest BCUT2D eigenvalue weighted by molar-refractivity contribution is -0.149. The van der Waals surface area contributed by atoms with Crippen LogP contribution < -0.4 is 5.32 Å². The lowest BCUT2D eigenvalue weighted by atomic mass is 9.68. The van der Waals surface area contributed by atoms with Gasteiger partial charge in [0.05, 0.1) is 12.5 Å². The Morgan fingerprint density at radius 1 is 0.824 bits per heavy atom. The van der Waals surface area contributed by atoms with E-state index in [1.54, 1.807) is 13.8 Å². The van der Waals surface area contributed by atoms with Crippen LogP contribution in [0.4, 0.5) is 0 Å². The van der Waals surface area contributed by atoms with Gasteiger partial charge in [0.15, 0.2) is 0 Å². The van der Waals surface area contributed by atoms with Crippen molar-refractivity contribution in [2.75, 3.05) is 6.61 Å². The third-order valence-electron chi connectivity index (χ3n) is 5.84. The van der Waals surface area contributed by atoms with Crippen molar-refractivity contribution in [3.63, 3.8) is 0 Å². The SMILES string of the molecule is CCOC(=O)[C@@H](C)C[C@@H](NC(=O)C(c1ccccc1)(c1ccccc1)c1ccccc1)C(=O)O. The van der Waals surface area contributed by atoms with Gasteiger partial charge >= 0.3 is 11.9 Å². The molecule has 2 N–H and O–H groups in total. The summed E-state index contributed by atoms with van der Waals surface area (Å²) in [6, 6.07) is 26.6. The molecule has 3 aromatic rings. The number of rotatable bonds is 10. The van der Waals surface area contributed by atoms with Gasteiger partial charge in [0.1, 0.15) is 11.5 Å². The van der Waals surface area contributed by atoms with Crippen LogP contribution in [0.25, 0.3) is 0 Å². The highest BCUT2D eigenvalue weighted by molar-refractivity contribution is 5.98. The van der Waals surface area contributed by atoms with E-state index < -0.39 is 35.2 Å². The average Bonchev–Trinajstić information content (AvgIpc) is 2.86. The lowest BCUT2D eigenvalue weighted by Gasteiger charge is -2.35. The van der Waals surface area contributed by atoms with Crippen molar-refractivity contribution in [2.24, 2.45) is 5.92 Å². The van der Waals surface area contributed by atoms with Crippen LogP contribution in [-0.2, 0) is 24.5 Å². The average molecular weight is 460 g/mol. The number of benzene rings is 3. The maximum absolute atomic E-state index is 14.2. The number of carbonyl (C=O) groups excluding carboxylic acids is 2. The highest BCUT2D eigenvalue weighted by Gasteiger charge is 2.45. The molecule has 6 nitrogen and oxygen atoms in total.